The number of benzene rings is 12. The molecule has 0 fully saturated rings. The summed E-state index contributed by atoms with van der Waals surface area (Å²) < 4.78 is 0. The third-order valence-electron chi connectivity index (χ3n) is 19.3. The molecule has 1 heteroatoms. The topological polar surface area (TPSA) is 3.24 Å². The summed E-state index contributed by atoms with van der Waals surface area (Å²) >= 11 is 0. The van der Waals surface area contributed by atoms with Gasteiger partial charge in [-0.15, -0.1) is 0 Å². The maximum atomic E-state index is 2.40. The molecule has 1 nitrogen and oxygen atoms in total. The maximum Gasteiger partial charge on any atom is 0.0462 e. The van der Waals surface area contributed by atoms with Crippen molar-refractivity contribution < 1.29 is 0 Å². The van der Waals surface area contributed by atoms with E-state index in [0.717, 1.165) is 33.8 Å². The maximum absolute atomic E-state index is 2.40. The van der Waals surface area contributed by atoms with Gasteiger partial charge in [0.05, 0.1) is 0 Å². The summed E-state index contributed by atoms with van der Waals surface area (Å²) in [4.78, 5) is 2.40. The first-order valence-electron chi connectivity index (χ1n) is 31.1. The van der Waals surface area contributed by atoms with E-state index in [1.807, 2.05) is 0 Å². The highest BCUT2D eigenvalue weighted by atomic mass is 15.1. The summed E-state index contributed by atoms with van der Waals surface area (Å²) in [6, 6.07) is 108. The van der Waals surface area contributed by atoms with E-state index in [1.165, 1.54) is 117 Å². The lowest BCUT2D eigenvalue weighted by Gasteiger charge is -2.26. The fraction of sp³-hybridized carbons (Fsp3) is 0.103. The molecule has 0 spiro atoms. The van der Waals surface area contributed by atoms with E-state index >= 15 is 0 Å². The van der Waals surface area contributed by atoms with E-state index in [4.69, 9.17) is 0 Å². The quantitative estimate of drug-likeness (QED) is 0.110. The normalized spacial score (nSPS) is 14.7. The van der Waals surface area contributed by atoms with Crippen LogP contribution in [0, 0.1) is 0 Å². The summed E-state index contributed by atoms with van der Waals surface area (Å²) in [7, 11) is 0. The highest BCUT2D eigenvalue weighted by Crippen LogP contribution is 2.55. The molecule has 0 N–H and O–H groups in total. The molecule has 422 valence electrons. The average molecular weight is 1130 g/mol. The van der Waals surface area contributed by atoms with E-state index in [2.05, 4.69) is 356 Å². The smallest absolute Gasteiger partial charge is 0.0462 e. The van der Waals surface area contributed by atoms with Crippen LogP contribution >= 0.6 is 0 Å². The Morgan fingerprint density at radius 1 is 0.250 bits per heavy atom. The predicted octanol–water partition coefficient (Wildman–Crippen LogP) is 22.8. The van der Waals surface area contributed by atoms with E-state index in [1.54, 1.807) is 0 Å². The van der Waals surface area contributed by atoms with Gasteiger partial charge in [0.2, 0.25) is 0 Å². The van der Waals surface area contributed by atoms with Gasteiger partial charge in [-0.2, -0.15) is 0 Å². The monoisotopic (exact) mass is 1130 g/mol. The lowest BCUT2D eigenvalue weighted by Crippen LogP contribution is -2.17. The highest BCUT2D eigenvalue weighted by molar-refractivity contribution is 6.02. The number of nitrogens with zero attached hydrogens (tertiary/aromatic N) is 1. The molecule has 0 aliphatic heterocycles. The third kappa shape index (κ3) is 9.15. The van der Waals surface area contributed by atoms with Crippen LogP contribution in [0.25, 0.3) is 68.3 Å². The molecule has 0 radical (unpaired) electrons. The molecule has 12 aromatic rings. The van der Waals surface area contributed by atoms with Crippen molar-refractivity contribution in [3.63, 3.8) is 0 Å². The standard InChI is InChI=1S/C87H69N/c1-85(2)78-39-20-17-32-72(78)82-68(34-23-41-80(82)85)74(61-25-10-7-11-26-61)55-58-43-49-64(50-44-58)88(65-51-45-59(46-52-65)56-75(62-27-12-8-13-28-62)69-35-24-42-81-83(69)73-33-18-21-40-79(73)86(81,3)4)66-53-47-60(48-54-66)57-76(63-29-14-9-15-30-63)71-37-22-36-70-67-31-16-19-38-77(67)87(5,6)84(70)71/h7-57H,1-6H3/b74-55+,75-56+,76-57+. The van der Waals surface area contributed by atoms with Crippen LogP contribution in [0.5, 0.6) is 0 Å². The minimum Gasteiger partial charge on any atom is -0.311 e. The minimum absolute atomic E-state index is 0.106. The van der Waals surface area contributed by atoms with Crippen molar-refractivity contribution in [1.29, 1.82) is 0 Å². The van der Waals surface area contributed by atoms with Gasteiger partial charge in [0.15, 0.2) is 0 Å². The van der Waals surface area contributed by atoms with E-state index in [0.29, 0.717) is 0 Å². The second-order valence-electron chi connectivity index (χ2n) is 25.6. The van der Waals surface area contributed by atoms with Crippen LogP contribution in [0.15, 0.2) is 291 Å². The van der Waals surface area contributed by atoms with Gasteiger partial charge < -0.3 is 4.90 Å². The lowest BCUT2D eigenvalue weighted by molar-refractivity contribution is 0.658. The molecule has 88 heavy (non-hydrogen) atoms. The van der Waals surface area contributed by atoms with E-state index in [9.17, 15) is 0 Å². The number of rotatable bonds is 12. The van der Waals surface area contributed by atoms with Gasteiger partial charge in [-0.05, 0) is 188 Å². The predicted molar refractivity (Wildman–Crippen MR) is 373 cm³/mol. The zero-order valence-corrected chi connectivity index (χ0v) is 50.9. The molecule has 0 bridgehead atoms. The summed E-state index contributed by atoms with van der Waals surface area (Å²) in [6.07, 6.45) is 7.15. The third-order valence-corrected chi connectivity index (χ3v) is 19.3. The second-order valence-corrected chi connectivity index (χ2v) is 25.6. The fourth-order valence-electron chi connectivity index (χ4n) is 14.9. The van der Waals surface area contributed by atoms with Crippen molar-refractivity contribution >= 4 is 52.0 Å². The van der Waals surface area contributed by atoms with Crippen LogP contribution in [-0.4, -0.2) is 0 Å². The number of hydrogen-bond donors (Lipinski definition) is 0. The van der Waals surface area contributed by atoms with Gasteiger partial charge in [-0.25, -0.2) is 0 Å². The van der Waals surface area contributed by atoms with Gasteiger partial charge in [-0.1, -0.05) is 296 Å². The first kappa shape index (κ1) is 54.3. The molecular weight excluding hydrogens is 1060 g/mol. The molecular formula is C87H69N. The Kier molecular flexibility index (Phi) is 13.3. The van der Waals surface area contributed by atoms with Crippen molar-refractivity contribution in [3.05, 3.63) is 375 Å². The average Bonchev–Trinajstić information content (AvgIpc) is 1.83. The highest BCUT2D eigenvalue weighted by Gasteiger charge is 2.40. The second kappa shape index (κ2) is 21.6. The Hall–Kier alpha value is -10.3. The molecule has 0 atom stereocenters. The first-order chi connectivity index (χ1) is 42.9. The molecule has 3 aliphatic carbocycles. The molecule has 3 aliphatic rings. The Balaban J connectivity index is 0.849. The van der Waals surface area contributed by atoms with Crippen LogP contribution < -0.4 is 4.90 Å². The molecule has 0 unspecified atom stereocenters. The van der Waals surface area contributed by atoms with Gasteiger partial charge in [0.25, 0.3) is 0 Å². The van der Waals surface area contributed by atoms with Crippen LogP contribution in [0.4, 0.5) is 17.1 Å². The number of fused-ring (bicyclic) bond motifs is 9. The van der Waals surface area contributed by atoms with Crippen LogP contribution in [0.3, 0.4) is 0 Å². The van der Waals surface area contributed by atoms with Gasteiger partial charge >= 0.3 is 0 Å². The van der Waals surface area contributed by atoms with Crippen molar-refractivity contribution in [3.8, 4) is 33.4 Å². The minimum atomic E-state index is -0.167. The molecule has 0 saturated heterocycles. The zero-order valence-electron chi connectivity index (χ0n) is 50.9. The van der Waals surface area contributed by atoms with E-state index < -0.39 is 0 Å². The number of hydrogen-bond acceptors (Lipinski definition) is 1. The summed E-state index contributed by atoms with van der Waals surface area (Å²) in [5.74, 6) is 0. The zero-order chi connectivity index (χ0) is 59.7. The number of anilines is 3. The SMILES string of the molecule is CC1(C)c2ccccc2-c2c(/C(=C/c3ccc(N(c4ccc(/C=C(\c5ccccc5)c5cccc6c5-c5ccccc5C6(C)C)cc4)c4ccc(/C=C(\c5ccccc5)c5cccc6c5C(C)(C)c5ccccc5-6)cc4)cc3)c3ccccc3)cccc21. The van der Waals surface area contributed by atoms with Crippen molar-refractivity contribution in [2.45, 2.75) is 57.8 Å². The lowest BCUT2D eigenvalue weighted by atomic mass is 9.77. The van der Waals surface area contributed by atoms with Gasteiger partial charge in [-0.3, -0.25) is 0 Å². The summed E-state index contributed by atoms with van der Waals surface area (Å²) in [5, 5.41) is 0. The van der Waals surface area contributed by atoms with Crippen LogP contribution in [0.1, 0.15) is 125 Å². The Labute approximate surface area is 519 Å². The Morgan fingerprint density at radius 2 is 0.545 bits per heavy atom. The van der Waals surface area contributed by atoms with Crippen molar-refractivity contribution in [1.82, 2.24) is 0 Å². The molecule has 0 amide bonds. The van der Waals surface area contributed by atoms with E-state index in [-0.39, 0.29) is 16.2 Å². The van der Waals surface area contributed by atoms with Crippen LogP contribution in [0.2, 0.25) is 0 Å². The largest absolute Gasteiger partial charge is 0.311 e. The molecule has 0 saturated carbocycles. The Morgan fingerprint density at radius 3 is 0.943 bits per heavy atom. The first-order valence-corrected chi connectivity index (χ1v) is 31.1. The summed E-state index contributed by atoms with van der Waals surface area (Å²) in [6.45, 7) is 14.2. The molecule has 12 aromatic carbocycles. The fourth-order valence-corrected chi connectivity index (χ4v) is 14.9. The van der Waals surface area contributed by atoms with Gasteiger partial charge in [0, 0.05) is 33.3 Å². The van der Waals surface area contributed by atoms with Crippen LogP contribution in [-0.2, 0) is 16.2 Å². The molecule has 0 aromatic heterocycles. The molecule has 15 rings (SSSR count). The van der Waals surface area contributed by atoms with Crippen molar-refractivity contribution in [2.75, 3.05) is 4.90 Å². The van der Waals surface area contributed by atoms with Gasteiger partial charge in [0.1, 0.15) is 0 Å². The Bertz CT molecular complexity index is 4540. The van der Waals surface area contributed by atoms with Crippen molar-refractivity contribution in [2.24, 2.45) is 0 Å². The molecule has 0 heterocycles. The summed E-state index contributed by atoms with van der Waals surface area (Å²) in [5.41, 5.74) is 33.3.